The summed E-state index contributed by atoms with van der Waals surface area (Å²) >= 11 is 0. The summed E-state index contributed by atoms with van der Waals surface area (Å²) in [6.07, 6.45) is 5.69. The lowest BCUT2D eigenvalue weighted by Crippen LogP contribution is -2.50. The van der Waals surface area contributed by atoms with Crippen molar-refractivity contribution in [3.05, 3.63) is 46.8 Å². The summed E-state index contributed by atoms with van der Waals surface area (Å²) in [4.78, 5) is 37.9. The number of fused-ring (bicyclic) bond motifs is 1. The zero-order valence-corrected chi connectivity index (χ0v) is 19.7. The van der Waals surface area contributed by atoms with Gasteiger partial charge in [0.25, 0.3) is 5.56 Å². The van der Waals surface area contributed by atoms with Gasteiger partial charge in [-0.25, -0.2) is 19.4 Å². The normalized spacial score (nSPS) is 14.7. The summed E-state index contributed by atoms with van der Waals surface area (Å²) < 4.78 is 8.95. The van der Waals surface area contributed by atoms with Crippen molar-refractivity contribution in [2.75, 3.05) is 31.1 Å². The molecular formula is C23H31N7O3. The van der Waals surface area contributed by atoms with Crippen molar-refractivity contribution in [3.8, 4) is 0 Å². The van der Waals surface area contributed by atoms with E-state index < -0.39 is 5.60 Å². The van der Waals surface area contributed by atoms with Crippen molar-refractivity contribution in [2.45, 2.75) is 52.8 Å². The molecule has 0 aromatic carbocycles. The third-order valence-electron chi connectivity index (χ3n) is 5.53. The van der Waals surface area contributed by atoms with E-state index in [1.54, 1.807) is 20.3 Å². The Morgan fingerprint density at radius 1 is 1.15 bits per heavy atom. The minimum atomic E-state index is -0.514. The van der Waals surface area contributed by atoms with Crippen molar-refractivity contribution >= 4 is 22.9 Å². The highest BCUT2D eigenvalue weighted by atomic mass is 16.6. The van der Waals surface area contributed by atoms with Crippen molar-refractivity contribution < 1.29 is 9.53 Å². The van der Waals surface area contributed by atoms with Gasteiger partial charge in [-0.1, -0.05) is 13.0 Å². The van der Waals surface area contributed by atoms with Crippen molar-refractivity contribution in [2.24, 2.45) is 0 Å². The summed E-state index contributed by atoms with van der Waals surface area (Å²) in [7, 11) is 0. The first kappa shape index (κ1) is 22.8. The zero-order chi connectivity index (χ0) is 23.6. The third-order valence-corrected chi connectivity index (χ3v) is 5.53. The van der Waals surface area contributed by atoms with Crippen LogP contribution in [0, 0.1) is 0 Å². The molecule has 10 heteroatoms. The molecule has 0 atom stereocenters. The average molecular weight is 454 g/mol. The number of carbonyl (C=O) groups is 1. The first-order chi connectivity index (χ1) is 15.8. The number of piperazine rings is 1. The van der Waals surface area contributed by atoms with Crippen LogP contribution in [0.4, 0.5) is 10.6 Å². The van der Waals surface area contributed by atoms with Crippen LogP contribution in [0.25, 0.3) is 11.0 Å². The number of pyridine rings is 1. The van der Waals surface area contributed by atoms with Crippen LogP contribution >= 0.6 is 0 Å². The third kappa shape index (κ3) is 4.99. The van der Waals surface area contributed by atoms with E-state index in [4.69, 9.17) is 4.74 Å². The van der Waals surface area contributed by atoms with E-state index in [1.807, 2.05) is 46.0 Å². The molecule has 0 unspecified atom stereocenters. The zero-order valence-electron chi connectivity index (χ0n) is 19.7. The number of hydrogen-bond donors (Lipinski definition) is 0. The smallest absolute Gasteiger partial charge is 0.410 e. The Hall–Kier alpha value is -3.43. The van der Waals surface area contributed by atoms with Crippen molar-refractivity contribution in [3.63, 3.8) is 0 Å². The number of nitrogens with zero attached hydrogens (tertiary/aromatic N) is 7. The van der Waals surface area contributed by atoms with E-state index in [0.717, 1.165) is 17.6 Å². The first-order valence-electron chi connectivity index (χ1n) is 11.3. The molecule has 4 rings (SSSR count). The fourth-order valence-corrected chi connectivity index (χ4v) is 3.96. The van der Waals surface area contributed by atoms with Crippen molar-refractivity contribution in [1.82, 2.24) is 29.2 Å². The number of ether oxygens (including phenoxy) is 1. The van der Waals surface area contributed by atoms with Crippen LogP contribution in [0.1, 0.15) is 39.7 Å². The molecule has 0 radical (unpaired) electrons. The minimum absolute atomic E-state index is 0.00413. The van der Waals surface area contributed by atoms with E-state index in [2.05, 4.69) is 20.0 Å². The molecule has 33 heavy (non-hydrogen) atoms. The summed E-state index contributed by atoms with van der Waals surface area (Å²) in [6, 6.07) is 3.72. The molecule has 0 N–H and O–H groups in total. The highest BCUT2D eigenvalue weighted by molar-refractivity contribution is 5.86. The van der Waals surface area contributed by atoms with E-state index in [0.29, 0.717) is 50.5 Å². The van der Waals surface area contributed by atoms with Crippen LogP contribution in [0.2, 0.25) is 0 Å². The van der Waals surface area contributed by atoms with Gasteiger partial charge in [-0.2, -0.15) is 5.10 Å². The Labute approximate surface area is 192 Å². The van der Waals surface area contributed by atoms with Crippen LogP contribution in [-0.2, 0) is 17.8 Å². The lowest BCUT2D eigenvalue weighted by atomic mass is 10.2. The Kier molecular flexibility index (Phi) is 6.35. The molecule has 3 aromatic rings. The molecule has 3 aromatic heterocycles. The van der Waals surface area contributed by atoms with Crippen LogP contribution in [0.5, 0.6) is 0 Å². The van der Waals surface area contributed by atoms with Gasteiger partial charge in [-0.05, 0) is 33.3 Å². The molecule has 176 valence electrons. The molecule has 0 bridgehead atoms. The highest BCUT2D eigenvalue weighted by Gasteiger charge is 2.27. The molecule has 0 spiro atoms. The fourth-order valence-electron chi connectivity index (χ4n) is 3.96. The molecule has 1 fully saturated rings. The van der Waals surface area contributed by atoms with Gasteiger partial charge < -0.3 is 19.1 Å². The summed E-state index contributed by atoms with van der Waals surface area (Å²) in [5, 5.41) is 5.33. The van der Waals surface area contributed by atoms with E-state index >= 15 is 0 Å². The summed E-state index contributed by atoms with van der Waals surface area (Å²) in [6.45, 7) is 11.1. The molecule has 1 amide bonds. The second kappa shape index (κ2) is 9.21. The largest absolute Gasteiger partial charge is 0.444 e. The molecule has 0 saturated carbocycles. The topological polar surface area (TPSA) is 98.4 Å². The van der Waals surface area contributed by atoms with Gasteiger partial charge in [0.1, 0.15) is 17.7 Å². The number of rotatable bonds is 5. The molecule has 4 heterocycles. The second-order valence-corrected chi connectivity index (χ2v) is 9.22. The number of aromatic nitrogens is 5. The summed E-state index contributed by atoms with van der Waals surface area (Å²) in [5.41, 5.74) is 0.831. The Balaban J connectivity index is 1.51. The first-order valence-corrected chi connectivity index (χ1v) is 11.3. The Morgan fingerprint density at radius 2 is 1.91 bits per heavy atom. The van der Waals surface area contributed by atoms with Crippen LogP contribution in [0.3, 0.4) is 0 Å². The van der Waals surface area contributed by atoms with Gasteiger partial charge in [-0.15, -0.1) is 0 Å². The van der Waals surface area contributed by atoms with E-state index in [1.165, 1.54) is 6.33 Å². The molecule has 10 nitrogen and oxygen atoms in total. The maximum Gasteiger partial charge on any atom is 0.410 e. The molecule has 1 aliphatic rings. The van der Waals surface area contributed by atoms with Crippen molar-refractivity contribution in [1.29, 1.82) is 0 Å². The van der Waals surface area contributed by atoms with E-state index in [9.17, 15) is 9.59 Å². The SMILES string of the molecule is CCCn1cccc(Cn2ncc3c(N4CCN(C(=O)OC(C)(C)C)CC4)ncnc32)c1=O. The highest BCUT2D eigenvalue weighted by Crippen LogP contribution is 2.24. The van der Waals surface area contributed by atoms with Crippen LogP contribution < -0.4 is 10.5 Å². The minimum Gasteiger partial charge on any atom is -0.444 e. The number of aryl methyl sites for hydroxylation is 1. The number of carbonyl (C=O) groups excluding carboxylic acids is 1. The van der Waals surface area contributed by atoms with Gasteiger partial charge in [0, 0.05) is 44.5 Å². The lowest BCUT2D eigenvalue weighted by Gasteiger charge is -2.36. The van der Waals surface area contributed by atoms with Gasteiger partial charge in [-0.3, -0.25) is 4.79 Å². The van der Waals surface area contributed by atoms with Gasteiger partial charge in [0.05, 0.1) is 18.1 Å². The van der Waals surface area contributed by atoms with Crippen LogP contribution in [-0.4, -0.2) is 67.1 Å². The number of amides is 1. The van der Waals surface area contributed by atoms with Gasteiger partial charge >= 0.3 is 6.09 Å². The summed E-state index contributed by atoms with van der Waals surface area (Å²) in [5.74, 6) is 0.784. The fraction of sp³-hybridized carbons (Fsp3) is 0.522. The molecular weight excluding hydrogens is 422 g/mol. The maximum absolute atomic E-state index is 12.7. The van der Waals surface area contributed by atoms with Gasteiger partial charge in [0.2, 0.25) is 0 Å². The molecule has 1 aliphatic heterocycles. The standard InChI is InChI=1S/C23H31N7O3/c1-5-8-28-9-6-7-17(21(28)31)15-30-20-18(14-26-30)19(24-16-25-20)27-10-12-29(13-11-27)22(32)33-23(2,3)4/h6-7,9,14,16H,5,8,10-13,15H2,1-4H3. The second-order valence-electron chi connectivity index (χ2n) is 9.22. The predicted molar refractivity (Wildman–Crippen MR) is 125 cm³/mol. The van der Waals surface area contributed by atoms with Crippen LogP contribution in [0.15, 0.2) is 35.6 Å². The van der Waals surface area contributed by atoms with Gasteiger partial charge in [0.15, 0.2) is 5.65 Å². The average Bonchev–Trinajstić information content (AvgIpc) is 3.18. The lowest BCUT2D eigenvalue weighted by molar-refractivity contribution is 0.0240. The molecule has 1 saturated heterocycles. The molecule has 0 aliphatic carbocycles. The Bertz CT molecular complexity index is 1190. The Morgan fingerprint density at radius 3 is 2.61 bits per heavy atom. The number of hydrogen-bond acceptors (Lipinski definition) is 7. The van der Waals surface area contributed by atoms with E-state index in [-0.39, 0.29) is 11.7 Å². The maximum atomic E-state index is 12.7. The predicted octanol–water partition coefficient (Wildman–Crippen LogP) is 2.50. The monoisotopic (exact) mass is 453 g/mol. The quantitative estimate of drug-likeness (QED) is 0.585. The number of anilines is 1.